The van der Waals surface area contributed by atoms with Crippen molar-refractivity contribution in [3.63, 3.8) is 0 Å². The summed E-state index contributed by atoms with van der Waals surface area (Å²) >= 11 is 0. The van der Waals surface area contributed by atoms with Gasteiger partial charge in [0.15, 0.2) is 11.5 Å². The maximum Gasteiger partial charge on any atom is 0.530 e. The number of hydrogen-bond donors (Lipinski definition) is 3. The Kier molecular flexibility index (Phi) is 5.79. The van der Waals surface area contributed by atoms with Crippen LogP contribution in [0.1, 0.15) is 13.8 Å². The molecule has 3 rings (SSSR count). The second-order valence-electron chi connectivity index (χ2n) is 5.86. The van der Waals surface area contributed by atoms with Crippen molar-refractivity contribution < 1.29 is 33.5 Å². The third kappa shape index (κ3) is 3.78. The highest BCUT2D eigenvalue weighted by Gasteiger charge is 2.32. The lowest BCUT2D eigenvalue weighted by atomic mass is 9.95. The number of phenols is 3. The third-order valence-corrected chi connectivity index (χ3v) is 5.60. The van der Waals surface area contributed by atoms with Crippen molar-refractivity contribution in [3.8, 4) is 34.1 Å². The van der Waals surface area contributed by atoms with Crippen LogP contribution in [-0.2, 0) is 13.6 Å². The number of phosphoric ester groups is 1. The summed E-state index contributed by atoms with van der Waals surface area (Å²) in [5, 5.41) is 32.9. The molecule has 3 aromatic carbocycles. The number of fused-ring (bicyclic) bond motifs is 1. The lowest BCUT2D eigenvalue weighted by Crippen LogP contribution is -2.03. The molecule has 8 heteroatoms. The second kappa shape index (κ2) is 8.10. The smallest absolute Gasteiger partial charge is 0.507 e. The van der Waals surface area contributed by atoms with Gasteiger partial charge >= 0.3 is 7.82 Å². The van der Waals surface area contributed by atoms with Gasteiger partial charge in [-0.05, 0) is 42.8 Å². The predicted octanol–water partition coefficient (Wildman–Crippen LogP) is 5.18. The van der Waals surface area contributed by atoms with Gasteiger partial charge in [-0.2, -0.15) is 0 Å². The molecule has 0 aliphatic carbocycles. The number of phosphoric acid groups is 1. The fourth-order valence-electron chi connectivity index (χ4n) is 2.94. The van der Waals surface area contributed by atoms with E-state index in [4.69, 9.17) is 13.6 Å². The molecule has 7 nitrogen and oxygen atoms in total. The van der Waals surface area contributed by atoms with Gasteiger partial charge in [-0.3, -0.25) is 9.05 Å². The molecule has 0 atom stereocenters. The molecular formula is C20H21O7P. The maximum atomic E-state index is 12.9. The number of hydrogen-bond acceptors (Lipinski definition) is 7. The van der Waals surface area contributed by atoms with E-state index in [0.717, 1.165) is 5.39 Å². The molecule has 0 unspecified atom stereocenters. The second-order valence-corrected chi connectivity index (χ2v) is 7.46. The highest BCUT2D eigenvalue weighted by molar-refractivity contribution is 7.48. The van der Waals surface area contributed by atoms with Crippen LogP contribution in [0.25, 0.3) is 21.9 Å². The Bertz CT molecular complexity index is 1040. The summed E-state index contributed by atoms with van der Waals surface area (Å²) in [6.07, 6.45) is 0. The molecule has 28 heavy (non-hydrogen) atoms. The highest BCUT2D eigenvalue weighted by atomic mass is 31.2. The van der Waals surface area contributed by atoms with Crippen LogP contribution in [0.4, 0.5) is 0 Å². The Morgan fingerprint density at radius 1 is 0.786 bits per heavy atom. The summed E-state index contributed by atoms with van der Waals surface area (Å²) in [4.78, 5) is 0. The van der Waals surface area contributed by atoms with E-state index in [1.165, 1.54) is 18.2 Å². The summed E-state index contributed by atoms with van der Waals surface area (Å²) < 4.78 is 28.6. The summed E-state index contributed by atoms with van der Waals surface area (Å²) in [6.45, 7) is 3.33. The Morgan fingerprint density at radius 3 is 2.04 bits per heavy atom. The minimum Gasteiger partial charge on any atom is -0.507 e. The minimum atomic E-state index is -4.06. The molecule has 0 aliphatic rings. The lowest BCUT2D eigenvalue weighted by Gasteiger charge is -2.21. The molecule has 3 N–H and O–H groups in total. The molecule has 0 aliphatic heterocycles. The molecule has 0 saturated carbocycles. The van der Waals surface area contributed by atoms with Crippen LogP contribution < -0.4 is 4.52 Å². The van der Waals surface area contributed by atoms with E-state index in [-0.39, 0.29) is 47.3 Å². The Morgan fingerprint density at radius 2 is 1.36 bits per heavy atom. The van der Waals surface area contributed by atoms with E-state index >= 15 is 0 Å². The predicted molar refractivity (Wildman–Crippen MR) is 106 cm³/mol. The number of aromatic hydroxyl groups is 3. The number of benzene rings is 3. The third-order valence-electron chi connectivity index (χ3n) is 4.05. The standard InChI is InChI=1S/C20H21O7P/c1-3-25-28(24,26-4-2)27-20-17(23)12-11-16(22)19(20)18-14-8-6-5-7-13(14)9-10-15(18)21/h5-12,21-23H,3-4H2,1-2H3. The van der Waals surface area contributed by atoms with Crippen LogP contribution in [-0.4, -0.2) is 28.5 Å². The van der Waals surface area contributed by atoms with Gasteiger partial charge in [-0.15, -0.1) is 0 Å². The monoisotopic (exact) mass is 404 g/mol. The number of rotatable bonds is 7. The quantitative estimate of drug-likeness (QED) is 0.368. The molecule has 148 valence electrons. The molecule has 0 aromatic heterocycles. The van der Waals surface area contributed by atoms with Gasteiger partial charge in [0, 0.05) is 5.56 Å². The van der Waals surface area contributed by atoms with Crippen LogP contribution in [0, 0.1) is 0 Å². The van der Waals surface area contributed by atoms with Crippen LogP contribution in [0.15, 0.2) is 48.5 Å². The summed E-state index contributed by atoms with van der Waals surface area (Å²) in [7, 11) is -4.06. The van der Waals surface area contributed by atoms with Crippen molar-refractivity contribution in [3.05, 3.63) is 48.5 Å². The van der Waals surface area contributed by atoms with Crippen LogP contribution in [0.5, 0.6) is 23.0 Å². The first-order chi connectivity index (χ1) is 13.4. The summed E-state index contributed by atoms with van der Waals surface area (Å²) in [5.74, 6) is -1.12. The molecule has 0 radical (unpaired) electrons. The molecule has 0 bridgehead atoms. The van der Waals surface area contributed by atoms with Gasteiger partial charge in [0.05, 0.1) is 18.8 Å². The van der Waals surface area contributed by atoms with Gasteiger partial charge in [-0.25, -0.2) is 4.57 Å². The van der Waals surface area contributed by atoms with Crippen molar-refractivity contribution in [2.75, 3.05) is 13.2 Å². The molecule has 0 amide bonds. The molecule has 0 spiro atoms. The molecule has 3 aromatic rings. The fourth-order valence-corrected chi connectivity index (χ4v) is 4.16. The van der Waals surface area contributed by atoms with Crippen LogP contribution in [0.3, 0.4) is 0 Å². The molecule has 0 fully saturated rings. The maximum absolute atomic E-state index is 12.9. The van der Waals surface area contributed by atoms with Crippen LogP contribution >= 0.6 is 7.82 Å². The zero-order valence-corrected chi connectivity index (χ0v) is 16.3. The zero-order chi connectivity index (χ0) is 20.3. The van der Waals surface area contributed by atoms with E-state index in [0.29, 0.717) is 5.39 Å². The SMILES string of the molecule is CCOP(=O)(OCC)Oc1c(O)ccc(O)c1-c1c(O)ccc2ccccc12. The van der Waals surface area contributed by atoms with Gasteiger partial charge in [-0.1, -0.05) is 30.3 Å². The van der Waals surface area contributed by atoms with Gasteiger partial charge in [0.25, 0.3) is 0 Å². The first-order valence-electron chi connectivity index (χ1n) is 8.75. The lowest BCUT2D eigenvalue weighted by molar-refractivity contribution is 0.166. The van der Waals surface area contributed by atoms with Gasteiger partial charge < -0.3 is 19.8 Å². The molecule has 0 heterocycles. The average Bonchev–Trinajstić information content (AvgIpc) is 2.66. The van der Waals surface area contributed by atoms with Crippen molar-refractivity contribution in [2.24, 2.45) is 0 Å². The zero-order valence-electron chi connectivity index (χ0n) is 15.5. The Balaban J connectivity index is 2.28. The first-order valence-corrected chi connectivity index (χ1v) is 10.2. The fraction of sp³-hybridized carbons (Fsp3) is 0.200. The van der Waals surface area contributed by atoms with Crippen molar-refractivity contribution in [2.45, 2.75) is 13.8 Å². The topological polar surface area (TPSA) is 105 Å². The largest absolute Gasteiger partial charge is 0.530 e. The van der Waals surface area contributed by atoms with E-state index < -0.39 is 7.82 Å². The Labute approximate surface area is 162 Å². The van der Waals surface area contributed by atoms with Crippen LogP contribution in [0.2, 0.25) is 0 Å². The van der Waals surface area contributed by atoms with Crippen molar-refractivity contribution >= 4 is 18.6 Å². The normalized spacial score (nSPS) is 11.6. The molecular weight excluding hydrogens is 383 g/mol. The van der Waals surface area contributed by atoms with Crippen molar-refractivity contribution in [1.29, 1.82) is 0 Å². The van der Waals surface area contributed by atoms with E-state index in [1.54, 1.807) is 32.0 Å². The minimum absolute atomic E-state index is 0.0195. The summed E-state index contributed by atoms with van der Waals surface area (Å²) in [5.41, 5.74) is 0.204. The number of phenolic OH excluding ortho intramolecular Hbond substituents is 3. The average molecular weight is 404 g/mol. The Hall–Kier alpha value is -2.73. The molecule has 0 saturated heterocycles. The van der Waals surface area contributed by atoms with Gasteiger partial charge in [0.1, 0.15) is 11.5 Å². The highest BCUT2D eigenvalue weighted by Crippen LogP contribution is 2.57. The summed E-state index contributed by atoms with van der Waals surface area (Å²) in [6, 6.07) is 12.8. The van der Waals surface area contributed by atoms with E-state index in [1.807, 2.05) is 12.1 Å². The van der Waals surface area contributed by atoms with E-state index in [9.17, 15) is 19.9 Å². The first kappa shape index (κ1) is 20.0. The van der Waals surface area contributed by atoms with E-state index in [2.05, 4.69) is 0 Å². The van der Waals surface area contributed by atoms with Gasteiger partial charge in [0.2, 0.25) is 0 Å². The van der Waals surface area contributed by atoms with Crippen molar-refractivity contribution in [1.82, 2.24) is 0 Å².